The van der Waals surface area contributed by atoms with Gasteiger partial charge in [-0.2, -0.15) is 0 Å². The van der Waals surface area contributed by atoms with Crippen molar-refractivity contribution in [2.75, 3.05) is 43.4 Å². The zero-order valence-electron chi connectivity index (χ0n) is 14.2. The van der Waals surface area contributed by atoms with E-state index >= 15 is 0 Å². The van der Waals surface area contributed by atoms with Crippen LogP contribution in [-0.4, -0.2) is 44.0 Å². The molecule has 0 unspecified atom stereocenters. The number of hydrogen-bond donors (Lipinski definition) is 1. The molecule has 1 N–H and O–H groups in total. The number of likely N-dealkylation sites (N-methyl/N-ethyl adjacent to an activating group) is 1. The largest absolute Gasteiger partial charge is 0.367 e. The van der Waals surface area contributed by atoms with E-state index < -0.39 is 0 Å². The fraction of sp³-hybridized carbons (Fsp3) is 0.350. The summed E-state index contributed by atoms with van der Waals surface area (Å²) in [6.07, 6.45) is 1.27. The fourth-order valence-corrected chi connectivity index (χ4v) is 3.02. The summed E-state index contributed by atoms with van der Waals surface area (Å²) in [5.74, 6) is 0.0698. The van der Waals surface area contributed by atoms with Crippen LogP contribution >= 0.6 is 0 Å². The molecular formula is C20H25N3O. The van der Waals surface area contributed by atoms with E-state index in [2.05, 4.69) is 40.4 Å². The number of carbonyl (C=O) groups excluding carboxylic acids is 1. The van der Waals surface area contributed by atoms with E-state index in [-0.39, 0.29) is 5.91 Å². The summed E-state index contributed by atoms with van der Waals surface area (Å²) in [7, 11) is 2.15. The number of rotatable bonds is 5. The summed E-state index contributed by atoms with van der Waals surface area (Å²) < 4.78 is 0. The van der Waals surface area contributed by atoms with Gasteiger partial charge in [-0.15, -0.1) is 0 Å². The fourth-order valence-electron chi connectivity index (χ4n) is 3.02. The highest BCUT2D eigenvalue weighted by molar-refractivity contribution is 5.94. The van der Waals surface area contributed by atoms with Crippen molar-refractivity contribution in [2.24, 2.45) is 0 Å². The summed E-state index contributed by atoms with van der Waals surface area (Å²) in [4.78, 5) is 17.0. The number of nitrogens with zero attached hydrogens (tertiary/aromatic N) is 2. The van der Waals surface area contributed by atoms with Crippen LogP contribution in [0.1, 0.15) is 12.0 Å². The molecule has 3 rings (SSSR count). The quantitative estimate of drug-likeness (QED) is 0.919. The van der Waals surface area contributed by atoms with Gasteiger partial charge in [0, 0.05) is 32.6 Å². The van der Waals surface area contributed by atoms with E-state index in [0.717, 1.165) is 44.0 Å². The molecule has 1 saturated heterocycles. The van der Waals surface area contributed by atoms with E-state index in [0.29, 0.717) is 6.42 Å². The number of benzene rings is 2. The molecule has 1 heterocycles. The Morgan fingerprint density at radius 1 is 0.958 bits per heavy atom. The van der Waals surface area contributed by atoms with Crippen LogP contribution in [0.25, 0.3) is 0 Å². The van der Waals surface area contributed by atoms with E-state index in [1.54, 1.807) is 0 Å². The molecule has 0 aliphatic carbocycles. The first-order chi connectivity index (χ1) is 11.7. The number of piperazine rings is 1. The Hall–Kier alpha value is -2.33. The summed E-state index contributed by atoms with van der Waals surface area (Å²) in [5.41, 5.74) is 3.23. The average molecular weight is 323 g/mol. The number of aryl methyl sites for hydroxylation is 1. The van der Waals surface area contributed by atoms with Gasteiger partial charge < -0.3 is 15.1 Å². The van der Waals surface area contributed by atoms with Gasteiger partial charge in [-0.05, 0) is 31.2 Å². The molecule has 24 heavy (non-hydrogen) atoms. The zero-order valence-corrected chi connectivity index (χ0v) is 14.2. The van der Waals surface area contributed by atoms with E-state index in [9.17, 15) is 4.79 Å². The summed E-state index contributed by atoms with van der Waals surface area (Å²) in [6.45, 7) is 4.09. The predicted octanol–water partition coefficient (Wildman–Crippen LogP) is 3.01. The number of anilines is 2. The zero-order chi connectivity index (χ0) is 16.8. The molecule has 1 fully saturated rings. The molecule has 1 aliphatic rings. The Bertz CT molecular complexity index is 664. The summed E-state index contributed by atoms with van der Waals surface area (Å²) in [5, 5.41) is 3.10. The van der Waals surface area contributed by atoms with Crippen LogP contribution in [-0.2, 0) is 11.2 Å². The number of amides is 1. The van der Waals surface area contributed by atoms with Crippen molar-refractivity contribution < 1.29 is 4.79 Å². The Morgan fingerprint density at radius 3 is 2.38 bits per heavy atom. The molecule has 1 aliphatic heterocycles. The van der Waals surface area contributed by atoms with Gasteiger partial charge in [0.1, 0.15) is 0 Å². The Labute approximate surface area is 144 Å². The molecule has 0 aromatic heterocycles. The first kappa shape index (κ1) is 16.5. The maximum Gasteiger partial charge on any atom is 0.224 e. The second-order valence-electron chi connectivity index (χ2n) is 6.34. The third-order valence-electron chi connectivity index (χ3n) is 4.51. The van der Waals surface area contributed by atoms with E-state index in [1.165, 1.54) is 5.56 Å². The summed E-state index contributed by atoms with van der Waals surface area (Å²) >= 11 is 0. The lowest BCUT2D eigenvalue weighted by molar-refractivity contribution is -0.116. The highest BCUT2D eigenvalue weighted by Gasteiger charge is 2.17. The van der Waals surface area contributed by atoms with Gasteiger partial charge >= 0.3 is 0 Å². The lowest BCUT2D eigenvalue weighted by Crippen LogP contribution is -2.44. The topological polar surface area (TPSA) is 35.6 Å². The van der Waals surface area contributed by atoms with Crippen LogP contribution in [0.2, 0.25) is 0 Å². The first-order valence-electron chi connectivity index (χ1n) is 8.58. The lowest BCUT2D eigenvalue weighted by atomic mass is 10.1. The van der Waals surface area contributed by atoms with Crippen molar-refractivity contribution in [2.45, 2.75) is 12.8 Å². The van der Waals surface area contributed by atoms with Gasteiger partial charge in [0.15, 0.2) is 0 Å². The highest BCUT2D eigenvalue weighted by Crippen LogP contribution is 2.26. The van der Waals surface area contributed by atoms with Gasteiger partial charge in [0.05, 0.1) is 11.4 Å². The molecule has 4 heteroatoms. The van der Waals surface area contributed by atoms with Crippen molar-refractivity contribution in [3.8, 4) is 0 Å². The second kappa shape index (κ2) is 7.97. The van der Waals surface area contributed by atoms with Crippen molar-refractivity contribution in [3.05, 3.63) is 60.2 Å². The van der Waals surface area contributed by atoms with Gasteiger partial charge in [0.25, 0.3) is 0 Å². The number of para-hydroxylation sites is 2. The minimum atomic E-state index is 0.0698. The number of carbonyl (C=O) groups is 1. The molecule has 0 spiro atoms. The van der Waals surface area contributed by atoms with Crippen molar-refractivity contribution >= 4 is 17.3 Å². The Balaban J connectivity index is 1.61. The van der Waals surface area contributed by atoms with Crippen LogP contribution in [0.3, 0.4) is 0 Å². The molecule has 1 amide bonds. The van der Waals surface area contributed by atoms with E-state index in [4.69, 9.17) is 0 Å². The SMILES string of the molecule is CN1CCN(c2ccccc2NC(=O)CCc2ccccc2)CC1. The molecule has 0 bridgehead atoms. The minimum Gasteiger partial charge on any atom is -0.367 e. The van der Waals surface area contributed by atoms with Crippen LogP contribution in [0.5, 0.6) is 0 Å². The van der Waals surface area contributed by atoms with Crippen molar-refractivity contribution in [1.29, 1.82) is 0 Å². The standard InChI is InChI=1S/C20H25N3O/c1-22-13-15-23(16-14-22)19-10-6-5-9-18(19)21-20(24)12-11-17-7-3-2-4-8-17/h2-10H,11-16H2,1H3,(H,21,24). The van der Waals surface area contributed by atoms with Crippen molar-refractivity contribution in [3.63, 3.8) is 0 Å². The Morgan fingerprint density at radius 2 is 1.62 bits per heavy atom. The normalized spacial score (nSPS) is 15.3. The minimum absolute atomic E-state index is 0.0698. The third kappa shape index (κ3) is 4.36. The maximum atomic E-state index is 12.3. The van der Waals surface area contributed by atoms with Gasteiger partial charge in [-0.1, -0.05) is 42.5 Å². The molecule has 126 valence electrons. The van der Waals surface area contributed by atoms with Gasteiger partial charge in [0.2, 0.25) is 5.91 Å². The van der Waals surface area contributed by atoms with Gasteiger partial charge in [-0.25, -0.2) is 0 Å². The van der Waals surface area contributed by atoms with Crippen LogP contribution < -0.4 is 10.2 Å². The predicted molar refractivity (Wildman–Crippen MR) is 99.5 cm³/mol. The second-order valence-corrected chi connectivity index (χ2v) is 6.34. The molecule has 2 aromatic rings. The molecule has 0 saturated carbocycles. The number of hydrogen-bond acceptors (Lipinski definition) is 3. The monoisotopic (exact) mass is 323 g/mol. The molecule has 0 radical (unpaired) electrons. The molecule has 2 aromatic carbocycles. The summed E-state index contributed by atoms with van der Waals surface area (Å²) in [6, 6.07) is 18.2. The van der Waals surface area contributed by atoms with Gasteiger partial charge in [-0.3, -0.25) is 4.79 Å². The molecule has 4 nitrogen and oxygen atoms in total. The van der Waals surface area contributed by atoms with Crippen LogP contribution in [0, 0.1) is 0 Å². The highest BCUT2D eigenvalue weighted by atomic mass is 16.1. The molecule has 0 atom stereocenters. The van der Waals surface area contributed by atoms with Crippen LogP contribution in [0.15, 0.2) is 54.6 Å². The molecular weight excluding hydrogens is 298 g/mol. The lowest BCUT2D eigenvalue weighted by Gasteiger charge is -2.35. The van der Waals surface area contributed by atoms with Crippen LogP contribution in [0.4, 0.5) is 11.4 Å². The van der Waals surface area contributed by atoms with Crippen molar-refractivity contribution in [1.82, 2.24) is 4.90 Å². The van der Waals surface area contributed by atoms with E-state index in [1.807, 2.05) is 36.4 Å². The first-order valence-corrected chi connectivity index (χ1v) is 8.58. The smallest absolute Gasteiger partial charge is 0.224 e. The maximum absolute atomic E-state index is 12.3. The number of nitrogens with one attached hydrogen (secondary N) is 1. The third-order valence-corrected chi connectivity index (χ3v) is 4.51. The average Bonchev–Trinajstić information content (AvgIpc) is 2.62. The Kier molecular flexibility index (Phi) is 5.49.